The van der Waals surface area contributed by atoms with Crippen molar-refractivity contribution in [2.75, 3.05) is 0 Å². The molecule has 0 aliphatic heterocycles. The zero-order valence-corrected chi connectivity index (χ0v) is 12.8. The van der Waals surface area contributed by atoms with Gasteiger partial charge in [0, 0.05) is 29.7 Å². The molecule has 1 rings (SSSR count). The highest BCUT2D eigenvalue weighted by Gasteiger charge is 2.07. The van der Waals surface area contributed by atoms with Crippen LogP contribution < -0.4 is 10.9 Å². The lowest BCUT2D eigenvalue weighted by Crippen LogP contribution is -2.32. The van der Waals surface area contributed by atoms with E-state index in [2.05, 4.69) is 37.2 Å². The number of hydrogen-bond donors (Lipinski definition) is 1. The van der Waals surface area contributed by atoms with Gasteiger partial charge in [-0.05, 0) is 51.8 Å². The largest absolute Gasteiger partial charge is 0.354 e. The Morgan fingerprint density at radius 1 is 1.47 bits per heavy atom. The van der Waals surface area contributed by atoms with Crippen LogP contribution in [0.1, 0.15) is 20.3 Å². The molecule has 4 nitrogen and oxygen atoms in total. The van der Waals surface area contributed by atoms with E-state index in [1.807, 2.05) is 13.8 Å². The van der Waals surface area contributed by atoms with Crippen molar-refractivity contribution in [3.8, 4) is 0 Å². The summed E-state index contributed by atoms with van der Waals surface area (Å²) >= 11 is 6.48. The molecule has 1 aromatic heterocycles. The van der Waals surface area contributed by atoms with Gasteiger partial charge in [-0.15, -0.1) is 0 Å². The lowest BCUT2D eigenvalue weighted by atomic mass is 10.3. The summed E-state index contributed by atoms with van der Waals surface area (Å²) in [6, 6.07) is 1.81. The van der Waals surface area contributed by atoms with E-state index in [1.54, 1.807) is 12.3 Å². The Morgan fingerprint density at radius 2 is 2.12 bits per heavy atom. The molecular weight excluding hydrogens is 352 g/mol. The van der Waals surface area contributed by atoms with Crippen LogP contribution in [0.4, 0.5) is 0 Å². The summed E-state index contributed by atoms with van der Waals surface area (Å²) in [5.74, 6) is -0.0528. The molecule has 1 heterocycles. The Balaban J connectivity index is 2.70. The molecule has 0 atom stereocenters. The number of rotatable bonds is 4. The smallest absolute Gasteiger partial charge is 0.264 e. The second-order valence-corrected chi connectivity index (χ2v) is 5.75. The van der Waals surface area contributed by atoms with Crippen LogP contribution in [0.15, 0.2) is 26.0 Å². The summed E-state index contributed by atoms with van der Waals surface area (Å²) in [4.78, 5) is 23.2. The van der Waals surface area contributed by atoms with Crippen LogP contribution in [0.2, 0.25) is 0 Å². The highest BCUT2D eigenvalue weighted by molar-refractivity contribution is 9.11. The minimum Gasteiger partial charge on any atom is -0.354 e. The van der Waals surface area contributed by atoms with Crippen LogP contribution in [0.5, 0.6) is 0 Å². The van der Waals surface area contributed by atoms with E-state index >= 15 is 0 Å². The molecule has 0 radical (unpaired) electrons. The van der Waals surface area contributed by atoms with Crippen LogP contribution in [-0.4, -0.2) is 16.5 Å². The Bertz CT molecular complexity index is 469. The number of pyridine rings is 1. The van der Waals surface area contributed by atoms with Crippen LogP contribution >= 0.6 is 31.9 Å². The van der Waals surface area contributed by atoms with Crippen molar-refractivity contribution in [3.05, 3.63) is 31.6 Å². The van der Waals surface area contributed by atoms with Gasteiger partial charge in [0.1, 0.15) is 0 Å². The van der Waals surface area contributed by atoms with Crippen LogP contribution in [-0.2, 0) is 11.3 Å². The first-order valence-electron chi connectivity index (χ1n) is 5.25. The number of aromatic nitrogens is 1. The average Bonchev–Trinajstić information content (AvgIpc) is 2.20. The van der Waals surface area contributed by atoms with Crippen molar-refractivity contribution in [1.29, 1.82) is 0 Å². The first-order valence-corrected chi connectivity index (χ1v) is 6.83. The summed E-state index contributed by atoms with van der Waals surface area (Å²) in [6.07, 6.45) is 1.97. The first-order chi connectivity index (χ1) is 7.90. The maximum Gasteiger partial charge on any atom is 0.264 e. The van der Waals surface area contributed by atoms with Gasteiger partial charge in [-0.2, -0.15) is 0 Å². The molecule has 0 saturated heterocycles. The van der Waals surface area contributed by atoms with E-state index in [-0.39, 0.29) is 17.5 Å². The predicted molar refractivity (Wildman–Crippen MR) is 74.0 cm³/mol. The minimum atomic E-state index is -0.134. The number of nitrogens with one attached hydrogen (secondary N) is 1. The number of carbonyl (C=O) groups excluding carboxylic acids is 1. The molecule has 0 aliphatic rings. The van der Waals surface area contributed by atoms with Crippen molar-refractivity contribution in [1.82, 2.24) is 9.88 Å². The molecule has 0 fully saturated rings. The summed E-state index contributed by atoms with van der Waals surface area (Å²) in [5, 5.41) is 2.78. The average molecular weight is 366 g/mol. The van der Waals surface area contributed by atoms with Crippen molar-refractivity contribution < 1.29 is 4.79 Å². The zero-order valence-electron chi connectivity index (χ0n) is 9.67. The fraction of sp³-hybridized carbons (Fsp3) is 0.455. The Hall–Kier alpha value is -0.620. The third kappa shape index (κ3) is 4.63. The van der Waals surface area contributed by atoms with Crippen molar-refractivity contribution in [2.24, 2.45) is 0 Å². The van der Waals surface area contributed by atoms with Crippen molar-refractivity contribution in [2.45, 2.75) is 32.9 Å². The predicted octanol–water partition coefficient (Wildman–Crippen LogP) is 2.29. The van der Waals surface area contributed by atoms with Gasteiger partial charge in [0.25, 0.3) is 5.56 Å². The normalized spacial score (nSPS) is 10.6. The van der Waals surface area contributed by atoms with E-state index < -0.39 is 0 Å². The maximum atomic E-state index is 11.7. The zero-order chi connectivity index (χ0) is 13.0. The Labute approximate surface area is 117 Å². The Morgan fingerprint density at radius 3 is 2.71 bits per heavy atom. The first kappa shape index (κ1) is 14.4. The molecule has 0 aromatic carbocycles. The summed E-state index contributed by atoms with van der Waals surface area (Å²) in [5.41, 5.74) is -0.134. The molecule has 1 aromatic rings. The van der Waals surface area contributed by atoms with Crippen LogP contribution in [0, 0.1) is 0 Å². The van der Waals surface area contributed by atoms with E-state index in [4.69, 9.17) is 0 Å². The Kier molecular flexibility index (Phi) is 5.39. The third-order valence-corrected chi connectivity index (χ3v) is 3.04. The molecule has 0 saturated carbocycles. The molecule has 0 bridgehead atoms. The van der Waals surface area contributed by atoms with Gasteiger partial charge in [0.15, 0.2) is 0 Å². The van der Waals surface area contributed by atoms with Gasteiger partial charge < -0.3 is 9.88 Å². The van der Waals surface area contributed by atoms with Gasteiger partial charge in [0.2, 0.25) is 5.91 Å². The fourth-order valence-corrected chi connectivity index (χ4v) is 2.60. The van der Waals surface area contributed by atoms with Crippen LogP contribution in [0.3, 0.4) is 0 Å². The van der Waals surface area contributed by atoms with E-state index in [9.17, 15) is 9.59 Å². The maximum absolute atomic E-state index is 11.7. The highest BCUT2D eigenvalue weighted by atomic mass is 79.9. The summed E-state index contributed by atoms with van der Waals surface area (Å²) < 4.78 is 2.79. The molecule has 1 N–H and O–H groups in total. The van der Waals surface area contributed by atoms with Gasteiger partial charge >= 0.3 is 0 Å². The van der Waals surface area contributed by atoms with Crippen molar-refractivity contribution in [3.63, 3.8) is 0 Å². The molecule has 1 amide bonds. The molecule has 6 heteroatoms. The summed E-state index contributed by atoms with van der Waals surface area (Å²) in [6.45, 7) is 4.18. The number of halogens is 2. The monoisotopic (exact) mass is 364 g/mol. The van der Waals surface area contributed by atoms with Crippen molar-refractivity contribution >= 4 is 37.8 Å². The lowest BCUT2D eigenvalue weighted by molar-refractivity contribution is -0.121. The molecule has 0 aliphatic carbocycles. The number of hydrogen-bond acceptors (Lipinski definition) is 2. The quantitative estimate of drug-likeness (QED) is 0.889. The second kappa shape index (κ2) is 6.35. The SMILES string of the molecule is CC(C)NC(=O)CCn1cc(Br)cc(Br)c1=O. The minimum absolute atomic E-state index is 0.0528. The number of nitrogens with zero attached hydrogens (tertiary/aromatic N) is 1. The topological polar surface area (TPSA) is 51.1 Å². The molecule has 0 spiro atoms. The molecular formula is C11H14Br2N2O2. The van der Waals surface area contributed by atoms with Gasteiger partial charge in [-0.25, -0.2) is 0 Å². The van der Waals surface area contributed by atoms with E-state index in [0.29, 0.717) is 17.4 Å². The van der Waals surface area contributed by atoms with Gasteiger partial charge in [-0.3, -0.25) is 9.59 Å². The van der Waals surface area contributed by atoms with E-state index in [1.165, 1.54) is 4.57 Å². The standard InChI is InChI=1S/C11H14Br2N2O2/c1-7(2)14-10(16)3-4-15-6-8(12)5-9(13)11(15)17/h5-7H,3-4H2,1-2H3,(H,14,16). The van der Waals surface area contributed by atoms with Crippen LogP contribution in [0.25, 0.3) is 0 Å². The number of amides is 1. The van der Waals surface area contributed by atoms with E-state index in [0.717, 1.165) is 4.47 Å². The molecule has 0 unspecified atom stereocenters. The molecule has 17 heavy (non-hydrogen) atoms. The number of carbonyl (C=O) groups is 1. The second-order valence-electron chi connectivity index (χ2n) is 3.98. The third-order valence-electron chi connectivity index (χ3n) is 2.04. The van der Waals surface area contributed by atoms with Gasteiger partial charge in [0.05, 0.1) is 4.47 Å². The fourth-order valence-electron chi connectivity index (χ4n) is 1.35. The summed E-state index contributed by atoms with van der Waals surface area (Å²) in [7, 11) is 0. The lowest BCUT2D eigenvalue weighted by Gasteiger charge is -2.10. The molecule has 94 valence electrons. The van der Waals surface area contributed by atoms with Gasteiger partial charge in [-0.1, -0.05) is 0 Å². The highest BCUT2D eigenvalue weighted by Crippen LogP contribution is 2.12. The number of aryl methyl sites for hydroxylation is 1.